The van der Waals surface area contributed by atoms with Crippen molar-refractivity contribution in [1.82, 2.24) is 24.7 Å². The first-order valence-electron chi connectivity index (χ1n) is 8.52. The van der Waals surface area contributed by atoms with E-state index in [1.807, 2.05) is 6.07 Å². The molecule has 0 aliphatic heterocycles. The molecular weight excluding hydrogens is 415 g/mol. The molecule has 2 aromatic heterocycles. The lowest BCUT2D eigenvalue weighted by Gasteiger charge is -2.17. The molecule has 4 aromatic rings. The van der Waals surface area contributed by atoms with Gasteiger partial charge in [0.15, 0.2) is 5.82 Å². The van der Waals surface area contributed by atoms with E-state index in [4.69, 9.17) is 38.4 Å². The second-order valence-corrected chi connectivity index (χ2v) is 6.94. The highest BCUT2D eigenvalue weighted by Gasteiger charge is 2.22. The third-order valence-electron chi connectivity index (χ3n) is 4.31. The van der Waals surface area contributed by atoms with Crippen molar-refractivity contribution >= 4 is 39.9 Å². The molecule has 0 amide bonds. The maximum atomic E-state index is 6.47. The van der Waals surface area contributed by atoms with Crippen molar-refractivity contribution in [3.63, 3.8) is 0 Å². The number of aromatic nitrogens is 5. The average molecular weight is 431 g/mol. The molecule has 0 aliphatic carbocycles. The van der Waals surface area contributed by atoms with Crippen LogP contribution < -0.4 is 15.2 Å². The van der Waals surface area contributed by atoms with Gasteiger partial charge >= 0.3 is 0 Å². The van der Waals surface area contributed by atoms with E-state index in [0.717, 1.165) is 0 Å². The van der Waals surface area contributed by atoms with Gasteiger partial charge in [0.05, 0.1) is 33.6 Å². The highest BCUT2D eigenvalue weighted by atomic mass is 35.5. The van der Waals surface area contributed by atoms with Crippen molar-refractivity contribution < 1.29 is 9.47 Å². The molecule has 4 rings (SSSR count). The third kappa shape index (κ3) is 3.52. The Bertz CT molecular complexity index is 1210. The van der Waals surface area contributed by atoms with Crippen LogP contribution in [0.2, 0.25) is 10.0 Å². The Morgan fingerprint density at radius 2 is 1.97 bits per heavy atom. The van der Waals surface area contributed by atoms with E-state index in [0.29, 0.717) is 49.4 Å². The fraction of sp³-hybridized carbons (Fsp3) is 0.158. The van der Waals surface area contributed by atoms with Gasteiger partial charge < -0.3 is 15.2 Å². The van der Waals surface area contributed by atoms with Crippen LogP contribution >= 0.6 is 23.2 Å². The average Bonchev–Trinajstić information content (AvgIpc) is 3.13. The Kier molecular flexibility index (Phi) is 5.12. The van der Waals surface area contributed by atoms with Crippen molar-refractivity contribution in [2.24, 2.45) is 7.05 Å². The van der Waals surface area contributed by atoms with Gasteiger partial charge in [0, 0.05) is 18.7 Å². The molecule has 8 nitrogen and oxygen atoms in total. The third-order valence-corrected chi connectivity index (χ3v) is 5.13. The van der Waals surface area contributed by atoms with Crippen molar-refractivity contribution in [2.75, 3.05) is 12.8 Å². The fourth-order valence-corrected chi connectivity index (χ4v) is 3.43. The predicted octanol–water partition coefficient (Wildman–Crippen LogP) is 3.90. The van der Waals surface area contributed by atoms with Crippen molar-refractivity contribution in [2.45, 2.75) is 6.61 Å². The van der Waals surface area contributed by atoms with E-state index in [2.05, 4.69) is 20.1 Å². The topological polar surface area (TPSA) is 101 Å². The number of halogens is 2. The molecule has 29 heavy (non-hydrogen) atoms. The van der Waals surface area contributed by atoms with Crippen molar-refractivity contribution in [3.8, 4) is 22.6 Å². The minimum absolute atomic E-state index is 0.144. The summed E-state index contributed by atoms with van der Waals surface area (Å²) in [4.78, 5) is 12.7. The van der Waals surface area contributed by atoms with Gasteiger partial charge in [0.25, 0.3) is 0 Å². The zero-order valence-electron chi connectivity index (χ0n) is 15.6. The van der Waals surface area contributed by atoms with Crippen LogP contribution in [0.5, 0.6) is 11.5 Å². The smallest absolute Gasteiger partial charge is 0.188 e. The standard InChI is InChI=1S/C19H16Cl2N6O2/c1-27-9-25-14(26-27)7-29-13-6-12(28-2)15(10-4-3-5-11(20)17(10)21)18-16(13)19(22)24-8-23-18/h3-6,8-9H,7H2,1-2H3,(H2,22,23,24). The summed E-state index contributed by atoms with van der Waals surface area (Å²) in [5, 5.41) is 5.56. The zero-order valence-corrected chi connectivity index (χ0v) is 17.1. The molecule has 0 fully saturated rings. The van der Waals surface area contributed by atoms with Gasteiger partial charge in [0.1, 0.15) is 36.6 Å². The van der Waals surface area contributed by atoms with Crippen LogP contribution in [0.15, 0.2) is 36.9 Å². The summed E-state index contributed by atoms with van der Waals surface area (Å²) < 4.78 is 13.2. The van der Waals surface area contributed by atoms with Crippen LogP contribution in [0.4, 0.5) is 5.82 Å². The largest absolute Gasteiger partial charge is 0.496 e. The molecule has 0 saturated carbocycles. The van der Waals surface area contributed by atoms with Gasteiger partial charge in [-0.3, -0.25) is 4.68 Å². The normalized spacial score (nSPS) is 11.0. The number of anilines is 1. The van der Waals surface area contributed by atoms with Crippen LogP contribution in [0.1, 0.15) is 5.82 Å². The first kappa shape index (κ1) is 19.2. The highest BCUT2D eigenvalue weighted by Crippen LogP contribution is 2.46. The molecule has 148 valence electrons. The number of hydrogen-bond acceptors (Lipinski definition) is 7. The second kappa shape index (κ2) is 7.73. The molecular formula is C19H16Cl2N6O2. The summed E-state index contributed by atoms with van der Waals surface area (Å²) >= 11 is 12.7. The molecule has 0 aliphatic rings. The maximum absolute atomic E-state index is 6.47. The van der Waals surface area contributed by atoms with Crippen molar-refractivity contribution in [3.05, 3.63) is 52.8 Å². The maximum Gasteiger partial charge on any atom is 0.188 e. The number of nitrogen functional groups attached to an aromatic ring is 1. The van der Waals surface area contributed by atoms with Gasteiger partial charge in [0.2, 0.25) is 0 Å². The number of aryl methyl sites for hydroxylation is 1. The Labute approximate surface area is 176 Å². The molecule has 0 bridgehead atoms. The first-order chi connectivity index (χ1) is 14.0. The molecule has 0 saturated heterocycles. The van der Waals surface area contributed by atoms with Gasteiger partial charge in [-0.15, -0.1) is 0 Å². The summed E-state index contributed by atoms with van der Waals surface area (Å²) in [5.74, 6) is 1.74. The second-order valence-electron chi connectivity index (χ2n) is 6.16. The number of hydrogen-bond donors (Lipinski definition) is 1. The van der Waals surface area contributed by atoms with Gasteiger partial charge in [-0.1, -0.05) is 35.3 Å². The Balaban J connectivity index is 1.92. The Hall–Kier alpha value is -3.10. The van der Waals surface area contributed by atoms with E-state index in [1.54, 1.807) is 43.4 Å². The SMILES string of the molecule is COc1cc(OCc2ncn(C)n2)c2c(N)ncnc2c1-c1cccc(Cl)c1Cl. The van der Waals surface area contributed by atoms with E-state index >= 15 is 0 Å². The quantitative estimate of drug-likeness (QED) is 0.511. The molecule has 2 aromatic carbocycles. The number of ether oxygens (including phenoxy) is 2. The fourth-order valence-electron chi connectivity index (χ4n) is 3.04. The van der Waals surface area contributed by atoms with Crippen LogP contribution in [0, 0.1) is 0 Å². The van der Waals surface area contributed by atoms with Gasteiger partial charge in [-0.05, 0) is 6.07 Å². The Morgan fingerprint density at radius 3 is 2.69 bits per heavy atom. The molecule has 0 spiro atoms. The number of nitrogens with two attached hydrogens (primary N) is 1. The van der Waals surface area contributed by atoms with Crippen LogP contribution in [0.25, 0.3) is 22.0 Å². The highest BCUT2D eigenvalue weighted by molar-refractivity contribution is 6.44. The number of rotatable bonds is 5. The summed E-state index contributed by atoms with van der Waals surface area (Å²) in [6, 6.07) is 7.07. The van der Waals surface area contributed by atoms with Crippen LogP contribution in [-0.2, 0) is 13.7 Å². The first-order valence-corrected chi connectivity index (χ1v) is 9.28. The zero-order chi connectivity index (χ0) is 20.5. The number of nitrogens with zero attached hydrogens (tertiary/aromatic N) is 5. The van der Waals surface area contributed by atoms with E-state index in [9.17, 15) is 0 Å². The molecule has 0 unspecified atom stereocenters. The molecule has 0 radical (unpaired) electrons. The van der Waals surface area contributed by atoms with Crippen LogP contribution in [0.3, 0.4) is 0 Å². The van der Waals surface area contributed by atoms with Crippen LogP contribution in [-0.4, -0.2) is 31.8 Å². The number of fused-ring (bicyclic) bond motifs is 1. The van der Waals surface area contributed by atoms with Crippen molar-refractivity contribution in [1.29, 1.82) is 0 Å². The molecule has 2 N–H and O–H groups in total. The van der Waals surface area contributed by atoms with Gasteiger partial charge in [-0.25, -0.2) is 15.0 Å². The van der Waals surface area contributed by atoms with E-state index < -0.39 is 0 Å². The van der Waals surface area contributed by atoms with E-state index in [1.165, 1.54) is 6.33 Å². The Morgan fingerprint density at radius 1 is 1.14 bits per heavy atom. The predicted molar refractivity (Wildman–Crippen MR) is 111 cm³/mol. The number of benzene rings is 2. The number of methoxy groups -OCH3 is 1. The summed E-state index contributed by atoms with van der Waals surface area (Å²) in [5.41, 5.74) is 8.01. The van der Waals surface area contributed by atoms with Gasteiger partial charge in [-0.2, -0.15) is 5.10 Å². The summed E-state index contributed by atoms with van der Waals surface area (Å²) in [7, 11) is 3.34. The summed E-state index contributed by atoms with van der Waals surface area (Å²) in [6.45, 7) is 0.144. The monoisotopic (exact) mass is 430 g/mol. The lowest BCUT2D eigenvalue weighted by Crippen LogP contribution is -2.03. The molecule has 2 heterocycles. The van der Waals surface area contributed by atoms with E-state index in [-0.39, 0.29) is 12.4 Å². The minimum Gasteiger partial charge on any atom is -0.496 e. The molecule has 0 atom stereocenters. The lowest BCUT2D eigenvalue weighted by atomic mass is 10.00. The minimum atomic E-state index is 0.144. The summed E-state index contributed by atoms with van der Waals surface area (Å²) in [6.07, 6.45) is 2.97. The molecule has 10 heteroatoms. The lowest BCUT2D eigenvalue weighted by molar-refractivity contribution is 0.297.